The van der Waals surface area contributed by atoms with Gasteiger partial charge in [-0.2, -0.15) is 0 Å². The summed E-state index contributed by atoms with van der Waals surface area (Å²) in [5.41, 5.74) is 3.43. The third-order valence-corrected chi connectivity index (χ3v) is 6.76. The molecule has 2 aliphatic rings. The van der Waals surface area contributed by atoms with Gasteiger partial charge in [0, 0.05) is 38.0 Å². The third kappa shape index (κ3) is 4.95. The molecule has 2 N–H and O–H groups in total. The van der Waals surface area contributed by atoms with E-state index >= 15 is 0 Å². The maximum Gasteiger partial charge on any atom is 0.224 e. The van der Waals surface area contributed by atoms with E-state index in [0.29, 0.717) is 18.7 Å². The highest BCUT2D eigenvalue weighted by Gasteiger charge is 2.47. The minimum atomic E-state index is -0.834. The van der Waals surface area contributed by atoms with E-state index in [9.17, 15) is 14.3 Å². The van der Waals surface area contributed by atoms with Gasteiger partial charge in [0.2, 0.25) is 5.91 Å². The molecule has 0 radical (unpaired) electrons. The number of aromatic nitrogens is 1. The maximum atomic E-state index is 13.7. The maximum absolute atomic E-state index is 13.7. The summed E-state index contributed by atoms with van der Waals surface area (Å²) in [5, 5.41) is 14.5. The predicted octanol–water partition coefficient (Wildman–Crippen LogP) is 2.89. The van der Waals surface area contributed by atoms with Gasteiger partial charge in [-0.15, -0.1) is 0 Å². The fraction of sp³-hybridized carbons (Fsp3) is 0.333. The van der Waals surface area contributed by atoms with Gasteiger partial charge in [-0.3, -0.25) is 14.7 Å². The number of hydrogen-bond acceptors (Lipinski definition) is 5. The van der Waals surface area contributed by atoms with E-state index in [-0.39, 0.29) is 24.4 Å². The molecule has 1 saturated carbocycles. The number of carbonyl (C=O) groups excluding carboxylic acids is 1. The number of benzene rings is 2. The molecule has 1 aliphatic carbocycles. The first kappa shape index (κ1) is 22.5. The molecule has 1 aliphatic heterocycles. The Hall–Kier alpha value is -3.29. The number of halogens is 1. The van der Waals surface area contributed by atoms with Gasteiger partial charge in [-0.25, -0.2) is 4.39 Å². The highest BCUT2D eigenvalue weighted by atomic mass is 19.1. The molecule has 2 heterocycles. The van der Waals surface area contributed by atoms with Crippen molar-refractivity contribution in [2.75, 3.05) is 6.54 Å². The summed E-state index contributed by atoms with van der Waals surface area (Å²) in [6, 6.07) is 17.3. The van der Waals surface area contributed by atoms with E-state index in [0.717, 1.165) is 18.5 Å². The standard InChI is InChI=1S/C27H28FN3O3/c28-21-6-3-7-22(15-21)34-24-16-23(30-25(32)14-18-8-11-29-12-9-18)26(27(24)33)31-13-10-19-4-1-2-5-20(19)17-31/h1-9,11-12,15,23-24,26-27,33H,10,13-14,16-17H2,(H,30,32)/t23-,24-,26+,27+/m1/s1. The molecule has 2 aromatic carbocycles. The van der Waals surface area contributed by atoms with Crippen LogP contribution >= 0.6 is 0 Å². The average Bonchev–Trinajstić information content (AvgIpc) is 3.13. The Morgan fingerprint density at radius 3 is 2.71 bits per heavy atom. The van der Waals surface area contributed by atoms with Gasteiger partial charge in [0.25, 0.3) is 0 Å². The minimum absolute atomic E-state index is 0.114. The lowest BCUT2D eigenvalue weighted by atomic mass is 9.97. The number of aliphatic hydroxyl groups is 1. The second kappa shape index (κ2) is 9.91. The Kier molecular flexibility index (Phi) is 6.56. The van der Waals surface area contributed by atoms with Crippen molar-refractivity contribution in [3.8, 4) is 5.75 Å². The van der Waals surface area contributed by atoms with E-state index in [1.54, 1.807) is 24.5 Å². The second-order valence-corrected chi connectivity index (χ2v) is 9.03. The first-order valence-electron chi connectivity index (χ1n) is 11.7. The van der Waals surface area contributed by atoms with Gasteiger partial charge in [0.05, 0.1) is 18.5 Å². The normalized spacial score (nSPS) is 24.4. The van der Waals surface area contributed by atoms with Crippen LogP contribution in [0, 0.1) is 5.82 Å². The van der Waals surface area contributed by atoms with Crippen molar-refractivity contribution in [1.82, 2.24) is 15.2 Å². The Morgan fingerprint density at radius 2 is 1.91 bits per heavy atom. The topological polar surface area (TPSA) is 74.7 Å². The molecular formula is C27H28FN3O3. The number of nitrogens with zero attached hydrogens (tertiary/aromatic N) is 2. The van der Waals surface area contributed by atoms with Crippen LogP contribution in [-0.4, -0.2) is 51.7 Å². The monoisotopic (exact) mass is 461 g/mol. The zero-order chi connectivity index (χ0) is 23.5. The van der Waals surface area contributed by atoms with Crippen LogP contribution in [0.1, 0.15) is 23.1 Å². The molecule has 1 amide bonds. The number of ether oxygens (including phenoxy) is 1. The van der Waals surface area contributed by atoms with Crippen LogP contribution < -0.4 is 10.1 Å². The molecule has 176 valence electrons. The van der Waals surface area contributed by atoms with Crippen LogP contribution in [0.2, 0.25) is 0 Å². The van der Waals surface area contributed by atoms with Crippen LogP contribution in [0.5, 0.6) is 5.75 Å². The fourth-order valence-corrected chi connectivity index (χ4v) is 5.15. The minimum Gasteiger partial charge on any atom is -0.487 e. The second-order valence-electron chi connectivity index (χ2n) is 9.03. The molecule has 4 atom stereocenters. The van der Waals surface area contributed by atoms with E-state index in [1.807, 2.05) is 24.3 Å². The summed E-state index contributed by atoms with van der Waals surface area (Å²) >= 11 is 0. The number of carbonyl (C=O) groups is 1. The molecule has 1 aromatic heterocycles. The van der Waals surface area contributed by atoms with Crippen molar-refractivity contribution >= 4 is 5.91 Å². The highest BCUT2D eigenvalue weighted by Crippen LogP contribution is 2.32. The Morgan fingerprint density at radius 1 is 1.12 bits per heavy atom. The van der Waals surface area contributed by atoms with E-state index in [2.05, 4.69) is 27.3 Å². The SMILES string of the molecule is O=C(Cc1ccncc1)N[C@@H]1C[C@@H](Oc2cccc(F)c2)[C@H](O)[C@H]1N1CCc2ccccc2C1. The quantitative estimate of drug-likeness (QED) is 0.591. The largest absolute Gasteiger partial charge is 0.487 e. The molecule has 0 saturated heterocycles. The molecule has 7 heteroatoms. The van der Waals surface area contributed by atoms with Crippen molar-refractivity contribution in [3.05, 3.63) is 95.6 Å². The fourth-order valence-electron chi connectivity index (χ4n) is 5.15. The summed E-state index contributed by atoms with van der Waals surface area (Å²) in [7, 11) is 0. The number of hydrogen-bond donors (Lipinski definition) is 2. The summed E-state index contributed by atoms with van der Waals surface area (Å²) in [5.74, 6) is -0.135. The summed E-state index contributed by atoms with van der Waals surface area (Å²) in [4.78, 5) is 19.1. The molecule has 34 heavy (non-hydrogen) atoms. The summed E-state index contributed by atoms with van der Waals surface area (Å²) < 4.78 is 19.7. The van der Waals surface area contributed by atoms with Crippen molar-refractivity contribution in [2.24, 2.45) is 0 Å². The van der Waals surface area contributed by atoms with E-state index in [4.69, 9.17) is 4.74 Å². The Balaban J connectivity index is 1.35. The third-order valence-electron chi connectivity index (χ3n) is 6.76. The van der Waals surface area contributed by atoms with Crippen molar-refractivity contribution in [3.63, 3.8) is 0 Å². The first-order chi connectivity index (χ1) is 16.6. The highest BCUT2D eigenvalue weighted by molar-refractivity contribution is 5.79. The zero-order valence-corrected chi connectivity index (χ0v) is 18.8. The van der Waals surface area contributed by atoms with Crippen LogP contribution in [0.25, 0.3) is 0 Å². The van der Waals surface area contributed by atoms with Gasteiger partial charge >= 0.3 is 0 Å². The van der Waals surface area contributed by atoms with E-state index in [1.165, 1.54) is 23.3 Å². The lowest BCUT2D eigenvalue weighted by molar-refractivity contribution is -0.121. The molecule has 0 unspecified atom stereocenters. The van der Waals surface area contributed by atoms with E-state index < -0.39 is 18.0 Å². The molecule has 6 nitrogen and oxygen atoms in total. The number of aliphatic hydroxyl groups excluding tert-OH is 1. The Bertz CT molecular complexity index is 1140. The molecule has 0 spiro atoms. The van der Waals surface area contributed by atoms with Gasteiger partial charge < -0.3 is 15.2 Å². The average molecular weight is 462 g/mol. The van der Waals surface area contributed by atoms with Gasteiger partial charge in [-0.05, 0) is 47.4 Å². The van der Waals surface area contributed by atoms with Gasteiger partial charge in [-0.1, -0.05) is 30.3 Å². The number of nitrogens with one attached hydrogen (secondary N) is 1. The summed E-state index contributed by atoms with van der Waals surface area (Å²) in [6.45, 7) is 1.48. The lowest BCUT2D eigenvalue weighted by Crippen LogP contribution is -2.54. The number of amides is 1. The molecule has 5 rings (SSSR count). The van der Waals surface area contributed by atoms with Crippen LogP contribution in [0.4, 0.5) is 4.39 Å². The van der Waals surface area contributed by atoms with Crippen LogP contribution in [0.3, 0.4) is 0 Å². The number of rotatable bonds is 6. The summed E-state index contributed by atoms with van der Waals surface area (Å²) in [6.07, 6.45) is 3.49. The zero-order valence-electron chi connectivity index (χ0n) is 18.8. The molecule has 3 aromatic rings. The molecule has 0 bridgehead atoms. The smallest absolute Gasteiger partial charge is 0.224 e. The number of fused-ring (bicyclic) bond motifs is 1. The van der Waals surface area contributed by atoms with Gasteiger partial charge in [0.1, 0.15) is 23.8 Å². The van der Waals surface area contributed by atoms with Crippen molar-refractivity contribution < 1.29 is 19.0 Å². The lowest BCUT2D eigenvalue weighted by Gasteiger charge is -2.38. The Labute approximate surface area is 198 Å². The predicted molar refractivity (Wildman–Crippen MR) is 126 cm³/mol. The van der Waals surface area contributed by atoms with Crippen LogP contribution in [-0.2, 0) is 24.2 Å². The van der Waals surface area contributed by atoms with Crippen LogP contribution in [0.15, 0.2) is 73.1 Å². The molecular weight excluding hydrogens is 433 g/mol. The van der Waals surface area contributed by atoms with Gasteiger partial charge in [0.15, 0.2) is 0 Å². The first-order valence-corrected chi connectivity index (χ1v) is 11.7. The van der Waals surface area contributed by atoms with Crippen molar-refractivity contribution in [2.45, 2.75) is 50.1 Å². The van der Waals surface area contributed by atoms with Crippen molar-refractivity contribution in [1.29, 1.82) is 0 Å². The molecule has 1 fully saturated rings. The number of pyridine rings is 1.